The van der Waals surface area contributed by atoms with Crippen LogP contribution in [0.25, 0.3) is 11.0 Å². The van der Waals surface area contributed by atoms with Gasteiger partial charge in [-0.3, -0.25) is 9.69 Å². The van der Waals surface area contributed by atoms with Crippen LogP contribution in [0.1, 0.15) is 12.7 Å². The number of anilines is 1. The number of hydrogen-bond donors (Lipinski definition) is 2. The van der Waals surface area contributed by atoms with Crippen LogP contribution < -0.4 is 5.32 Å². The molecule has 1 saturated heterocycles. The van der Waals surface area contributed by atoms with E-state index in [2.05, 4.69) is 15.3 Å². The molecular formula is C17H20F3N5O3. The molecule has 0 spiro atoms. The second-order valence-electron chi connectivity index (χ2n) is 6.33. The summed E-state index contributed by atoms with van der Waals surface area (Å²) < 4.78 is 43.1. The Labute approximate surface area is 158 Å². The zero-order chi connectivity index (χ0) is 20.3. The van der Waals surface area contributed by atoms with Gasteiger partial charge < -0.3 is 19.9 Å². The molecule has 152 valence electrons. The van der Waals surface area contributed by atoms with Crippen LogP contribution in [0.15, 0.2) is 18.2 Å². The number of aromatic amines is 1. The third-order valence-electron chi connectivity index (χ3n) is 4.30. The second kappa shape index (κ2) is 8.05. The van der Waals surface area contributed by atoms with Crippen molar-refractivity contribution in [2.45, 2.75) is 13.1 Å². The molecule has 1 fully saturated rings. The van der Waals surface area contributed by atoms with E-state index in [-0.39, 0.29) is 29.6 Å². The topological polar surface area (TPSA) is 90.6 Å². The summed E-state index contributed by atoms with van der Waals surface area (Å²) in [5.41, 5.74) is 0.730. The Morgan fingerprint density at radius 3 is 2.61 bits per heavy atom. The van der Waals surface area contributed by atoms with E-state index >= 15 is 0 Å². The monoisotopic (exact) mass is 399 g/mol. The van der Waals surface area contributed by atoms with E-state index < -0.39 is 12.0 Å². The molecule has 2 N–H and O–H groups in total. The molecule has 2 heterocycles. The molecule has 8 nitrogen and oxygen atoms in total. The van der Waals surface area contributed by atoms with Crippen molar-refractivity contribution >= 4 is 28.7 Å². The number of rotatable bonds is 4. The van der Waals surface area contributed by atoms with Gasteiger partial charge in [-0.05, 0) is 25.1 Å². The number of piperazine rings is 1. The maximum absolute atomic E-state index is 12.7. The second-order valence-corrected chi connectivity index (χ2v) is 6.33. The summed E-state index contributed by atoms with van der Waals surface area (Å²) in [6, 6.07) is 4.32. The van der Waals surface area contributed by atoms with Crippen LogP contribution in [-0.2, 0) is 15.7 Å². The van der Waals surface area contributed by atoms with Crippen molar-refractivity contribution in [2.75, 3.05) is 44.6 Å². The molecule has 2 aromatic rings. The number of nitrogens with one attached hydrogen (secondary N) is 2. The van der Waals surface area contributed by atoms with Crippen molar-refractivity contribution in [3.8, 4) is 0 Å². The summed E-state index contributed by atoms with van der Waals surface area (Å²) in [5, 5.41) is 2.67. The molecule has 1 aromatic carbocycles. The van der Waals surface area contributed by atoms with Crippen molar-refractivity contribution in [1.82, 2.24) is 19.8 Å². The van der Waals surface area contributed by atoms with E-state index in [4.69, 9.17) is 4.74 Å². The number of ether oxygens (including phenoxy) is 1. The highest BCUT2D eigenvalue weighted by atomic mass is 19.4. The lowest BCUT2D eigenvalue weighted by atomic mass is 10.2. The third kappa shape index (κ3) is 4.71. The van der Waals surface area contributed by atoms with Crippen LogP contribution >= 0.6 is 0 Å². The minimum absolute atomic E-state index is 0.117. The van der Waals surface area contributed by atoms with Gasteiger partial charge in [-0.25, -0.2) is 9.78 Å². The van der Waals surface area contributed by atoms with E-state index in [0.29, 0.717) is 38.5 Å². The molecule has 0 unspecified atom stereocenters. The molecule has 0 radical (unpaired) electrons. The molecule has 1 aliphatic rings. The lowest BCUT2D eigenvalue weighted by Crippen LogP contribution is -2.50. The maximum atomic E-state index is 12.7. The number of hydrogen-bond acceptors (Lipinski definition) is 5. The fraction of sp³-hybridized carbons (Fsp3) is 0.471. The van der Waals surface area contributed by atoms with E-state index in [9.17, 15) is 22.8 Å². The molecule has 1 aliphatic heterocycles. The number of amides is 2. The Bertz CT molecular complexity index is 859. The predicted octanol–water partition coefficient (Wildman–Crippen LogP) is 2.29. The van der Waals surface area contributed by atoms with E-state index in [1.54, 1.807) is 11.8 Å². The van der Waals surface area contributed by atoms with Crippen LogP contribution in [0.3, 0.4) is 0 Å². The van der Waals surface area contributed by atoms with Gasteiger partial charge in [0, 0.05) is 31.9 Å². The molecule has 0 atom stereocenters. The van der Waals surface area contributed by atoms with Gasteiger partial charge in [0.1, 0.15) is 0 Å². The van der Waals surface area contributed by atoms with Gasteiger partial charge in [0.25, 0.3) is 0 Å². The first kappa shape index (κ1) is 19.9. The van der Waals surface area contributed by atoms with Crippen molar-refractivity contribution in [2.24, 2.45) is 0 Å². The Morgan fingerprint density at radius 2 is 1.96 bits per heavy atom. The standard InChI is InChI=1S/C17H20F3N5O3/c1-2-28-16(27)25-7-5-24(6-8-25)10-14(26)21-11-3-4-12-13(9-11)23-15(22-12)17(18,19)20/h3-4,9H,2,5-8,10H2,1H3,(H,21,26)(H,22,23). The summed E-state index contributed by atoms with van der Waals surface area (Å²) in [7, 11) is 0. The van der Waals surface area contributed by atoms with Crippen LogP contribution in [0.5, 0.6) is 0 Å². The van der Waals surface area contributed by atoms with Crippen molar-refractivity contribution < 1.29 is 27.5 Å². The molecular weight excluding hydrogens is 379 g/mol. The summed E-state index contributed by atoms with van der Waals surface area (Å²) in [4.78, 5) is 33.1. The zero-order valence-electron chi connectivity index (χ0n) is 15.2. The highest BCUT2D eigenvalue weighted by molar-refractivity contribution is 5.94. The number of alkyl halides is 3. The Balaban J connectivity index is 1.54. The first-order chi connectivity index (χ1) is 13.3. The molecule has 3 rings (SSSR count). The lowest BCUT2D eigenvalue weighted by molar-refractivity contribution is -0.144. The van der Waals surface area contributed by atoms with Crippen LogP contribution in [0, 0.1) is 0 Å². The SMILES string of the molecule is CCOC(=O)N1CCN(CC(=O)Nc2ccc3nc(C(F)(F)F)[nH]c3c2)CC1. The number of halogens is 3. The fourth-order valence-corrected chi connectivity index (χ4v) is 2.93. The summed E-state index contributed by atoms with van der Waals surface area (Å²) in [6.45, 7) is 4.15. The Morgan fingerprint density at radius 1 is 1.25 bits per heavy atom. The highest BCUT2D eigenvalue weighted by Gasteiger charge is 2.34. The number of H-pyrrole nitrogens is 1. The van der Waals surface area contributed by atoms with E-state index in [1.165, 1.54) is 18.2 Å². The van der Waals surface area contributed by atoms with Gasteiger partial charge in [0.2, 0.25) is 11.7 Å². The molecule has 0 bridgehead atoms. The number of carbonyl (C=O) groups excluding carboxylic acids is 2. The largest absolute Gasteiger partial charge is 0.450 e. The first-order valence-electron chi connectivity index (χ1n) is 8.77. The average molecular weight is 399 g/mol. The first-order valence-corrected chi connectivity index (χ1v) is 8.77. The number of fused-ring (bicyclic) bond motifs is 1. The molecule has 28 heavy (non-hydrogen) atoms. The number of aromatic nitrogens is 2. The number of carbonyl (C=O) groups is 2. The smallest absolute Gasteiger partial charge is 0.449 e. The van der Waals surface area contributed by atoms with Crippen LogP contribution in [0.2, 0.25) is 0 Å². The van der Waals surface area contributed by atoms with Gasteiger partial charge in [-0.1, -0.05) is 0 Å². The zero-order valence-corrected chi connectivity index (χ0v) is 15.2. The minimum atomic E-state index is -4.56. The molecule has 1 aromatic heterocycles. The third-order valence-corrected chi connectivity index (χ3v) is 4.30. The average Bonchev–Trinajstić information content (AvgIpc) is 3.06. The molecule has 0 aliphatic carbocycles. The quantitative estimate of drug-likeness (QED) is 0.823. The van der Waals surface area contributed by atoms with Crippen LogP contribution in [-0.4, -0.2) is 71.1 Å². The molecule has 2 amide bonds. The van der Waals surface area contributed by atoms with Crippen molar-refractivity contribution in [3.05, 3.63) is 24.0 Å². The van der Waals surface area contributed by atoms with Gasteiger partial charge >= 0.3 is 12.3 Å². The van der Waals surface area contributed by atoms with Crippen molar-refractivity contribution in [3.63, 3.8) is 0 Å². The highest BCUT2D eigenvalue weighted by Crippen LogP contribution is 2.29. The summed E-state index contributed by atoms with van der Waals surface area (Å²) in [5.74, 6) is -1.37. The number of imidazole rings is 1. The number of benzene rings is 1. The predicted molar refractivity (Wildman–Crippen MR) is 94.8 cm³/mol. The minimum Gasteiger partial charge on any atom is -0.450 e. The van der Waals surface area contributed by atoms with Gasteiger partial charge in [0.05, 0.1) is 24.2 Å². The Hall–Kier alpha value is -2.82. The van der Waals surface area contributed by atoms with Crippen molar-refractivity contribution in [1.29, 1.82) is 0 Å². The van der Waals surface area contributed by atoms with Gasteiger partial charge in [0.15, 0.2) is 0 Å². The van der Waals surface area contributed by atoms with E-state index in [0.717, 1.165) is 0 Å². The summed E-state index contributed by atoms with van der Waals surface area (Å²) >= 11 is 0. The van der Waals surface area contributed by atoms with Gasteiger partial charge in [-0.2, -0.15) is 13.2 Å². The van der Waals surface area contributed by atoms with E-state index in [1.807, 2.05) is 4.90 Å². The Kier molecular flexibility index (Phi) is 5.73. The lowest BCUT2D eigenvalue weighted by Gasteiger charge is -2.33. The summed E-state index contributed by atoms with van der Waals surface area (Å²) in [6.07, 6.45) is -4.92. The molecule has 11 heteroatoms. The molecule has 0 saturated carbocycles. The normalized spacial score (nSPS) is 15.6. The van der Waals surface area contributed by atoms with Gasteiger partial charge in [-0.15, -0.1) is 0 Å². The number of nitrogens with zero attached hydrogens (tertiary/aromatic N) is 3. The maximum Gasteiger partial charge on any atom is 0.449 e. The fourth-order valence-electron chi connectivity index (χ4n) is 2.93. The van der Waals surface area contributed by atoms with Crippen LogP contribution in [0.4, 0.5) is 23.7 Å².